The van der Waals surface area contributed by atoms with Gasteiger partial charge < -0.3 is 5.11 Å². The highest BCUT2D eigenvalue weighted by atomic mass is 16.3. The number of hydrogen-bond donors (Lipinski definition) is 1. The number of carbonyl (C=O) groups excluding carboxylic acids is 1. The van der Waals surface area contributed by atoms with Crippen LogP contribution in [0.3, 0.4) is 0 Å². The number of rotatable bonds is 3. The maximum atomic E-state index is 11.0. The van der Waals surface area contributed by atoms with E-state index in [9.17, 15) is 9.90 Å². The van der Waals surface area contributed by atoms with E-state index in [-0.39, 0.29) is 11.4 Å². The summed E-state index contributed by atoms with van der Waals surface area (Å²) in [6.07, 6.45) is -0.984. The zero-order chi connectivity index (χ0) is 11.4. The van der Waals surface area contributed by atoms with E-state index in [0.717, 1.165) is 0 Å². The van der Waals surface area contributed by atoms with Gasteiger partial charge in [0.1, 0.15) is 6.10 Å². The van der Waals surface area contributed by atoms with Gasteiger partial charge in [0.15, 0.2) is 11.5 Å². The van der Waals surface area contributed by atoms with Crippen molar-refractivity contribution in [1.29, 1.82) is 0 Å². The van der Waals surface area contributed by atoms with Gasteiger partial charge in [0.25, 0.3) is 0 Å². The van der Waals surface area contributed by atoms with Crippen LogP contribution in [0, 0.1) is 6.57 Å². The van der Waals surface area contributed by atoms with Crippen molar-refractivity contribution in [2.45, 2.75) is 13.0 Å². The topological polar surface area (TPSA) is 41.7 Å². The van der Waals surface area contributed by atoms with Crippen LogP contribution in [0.2, 0.25) is 0 Å². The van der Waals surface area contributed by atoms with Crippen LogP contribution in [0.4, 0.5) is 5.69 Å². The first-order chi connectivity index (χ1) is 7.06. The molecule has 0 radical (unpaired) electrons. The van der Waals surface area contributed by atoms with E-state index in [2.05, 4.69) is 11.4 Å². The van der Waals surface area contributed by atoms with Crippen LogP contribution in [-0.2, 0) is 4.79 Å². The maximum Gasteiger partial charge on any atom is 0.187 e. The number of aliphatic hydroxyl groups excluding tert-OH is 1. The molecule has 0 aromatic heterocycles. The number of hydrogen-bond acceptors (Lipinski definition) is 2. The minimum Gasteiger partial charge on any atom is -0.384 e. The summed E-state index contributed by atoms with van der Waals surface area (Å²) in [7, 11) is 0. The molecule has 1 unspecified atom stereocenters. The van der Waals surface area contributed by atoms with Gasteiger partial charge in [-0.15, -0.1) is 0 Å². The molecular formula is C12H11NO2. The third kappa shape index (κ3) is 2.52. The van der Waals surface area contributed by atoms with Crippen molar-refractivity contribution < 1.29 is 9.90 Å². The molecule has 0 heterocycles. The zero-order valence-corrected chi connectivity index (χ0v) is 8.40. The van der Waals surface area contributed by atoms with E-state index in [0.29, 0.717) is 11.3 Å². The first kappa shape index (κ1) is 11.2. The van der Waals surface area contributed by atoms with Gasteiger partial charge in [0, 0.05) is 5.57 Å². The van der Waals surface area contributed by atoms with Gasteiger partial charge >= 0.3 is 0 Å². The lowest BCUT2D eigenvalue weighted by Crippen LogP contribution is -2.06. The second-order valence-electron chi connectivity index (χ2n) is 3.19. The van der Waals surface area contributed by atoms with E-state index in [1.165, 1.54) is 6.92 Å². The molecule has 1 atom stereocenters. The summed E-state index contributed by atoms with van der Waals surface area (Å²) < 4.78 is 0. The normalized spacial score (nSPS) is 11.5. The summed E-state index contributed by atoms with van der Waals surface area (Å²) in [5.74, 6) is -0.239. The van der Waals surface area contributed by atoms with Crippen molar-refractivity contribution in [2.75, 3.05) is 0 Å². The Morgan fingerprint density at radius 1 is 1.47 bits per heavy atom. The number of Topliss-reactive ketones (excluding diaryl/α,β-unsaturated/α-hetero) is 1. The SMILES string of the molecule is [C-]#[N+]c1ccc(C(O)C(=C)C(C)=O)cc1. The van der Waals surface area contributed by atoms with Gasteiger partial charge in [-0.1, -0.05) is 30.8 Å². The Morgan fingerprint density at radius 3 is 2.40 bits per heavy atom. The van der Waals surface area contributed by atoms with Gasteiger partial charge in [-0.2, -0.15) is 0 Å². The Kier molecular flexibility index (Phi) is 3.37. The second kappa shape index (κ2) is 4.54. The molecule has 0 aliphatic carbocycles. The molecule has 1 aromatic rings. The quantitative estimate of drug-likeness (QED) is 0.602. The molecular weight excluding hydrogens is 190 g/mol. The molecule has 1 rings (SSSR count). The van der Waals surface area contributed by atoms with Crippen LogP contribution in [0.15, 0.2) is 36.4 Å². The summed E-state index contributed by atoms with van der Waals surface area (Å²) in [6, 6.07) is 6.43. The predicted molar refractivity (Wildman–Crippen MR) is 57.5 cm³/mol. The molecule has 0 fully saturated rings. The van der Waals surface area contributed by atoms with Crippen LogP contribution in [0.1, 0.15) is 18.6 Å². The number of nitrogens with zero attached hydrogens (tertiary/aromatic N) is 1. The van der Waals surface area contributed by atoms with E-state index in [1.54, 1.807) is 24.3 Å². The molecule has 0 bridgehead atoms. The Morgan fingerprint density at radius 2 is 2.00 bits per heavy atom. The molecule has 0 aliphatic heterocycles. The average Bonchev–Trinajstić information content (AvgIpc) is 2.27. The molecule has 76 valence electrons. The molecule has 3 nitrogen and oxygen atoms in total. The summed E-state index contributed by atoms with van der Waals surface area (Å²) in [5.41, 5.74) is 1.23. The second-order valence-corrected chi connectivity index (χ2v) is 3.19. The molecule has 1 N–H and O–H groups in total. The Labute approximate surface area is 88.5 Å². The van der Waals surface area contributed by atoms with E-state index in [1.807, 2.05) is 0 Å². The van der Waals surface area contributed by atoms with Crippen molar-refractivity contribution in [1.82, 2.24) is 0 Å². The van der Waals surface area contributed by atoms with Crippen molar-refractivity contribution in [2.24, 2.45) is 0 Å². The standard InChI is InChI=1S/C12H11NO2/c1-8(9(2)14)12(15)10-4-6-11(13-3)7-5-10/h4-7,12,15H,1H2,2H3. The van der Waals surface area contributed by atoms with Crippen molar-refractivity contribution in [3.8, 4) is 0 Å². The van der Waals surface area contributed by atoms with Crippen molar-refractivity contribution in [3.63, 3.8) is 0 Å². The predicted octanol–water partition coefficient (Wildman–Crippen LogP) is 2.42. The van der Waals surface area contributed by atoms with E-state index >= 15 is 0 Å². The molecule has 0 amide bonds. The lowest BCUT2D eigenvalue weighted by atomic mass is 10.0. The highest BCUT2D eigenvalue weighted by Crippen LogP contribution is 2.23. The van der Waals surface area contributed by atoms with Crippen LogP contribution >= 0.6 is 0 Å². The van der Waals surface area contributed by atoms with Gasteiger partial charge in [-0.25, -0.2) is 4.85 Å². The smallest absolute Gasteiger partial charge is 0.187 e. The third-order valence-electron chi connectivity index (χ3n) is 2.12. The Hall–Kier alpha value is -1.92. The van der Waals surface area contributed by atoms with Gasteiger partial charge in [-0.05, 0) is 12.5 Å². The third-order valence-corrected chi connectivity index (χ3v) is 2.12. The first-order valence-electron chi connectivity index (χ1n) is 4.41. The molecule has 1 aromatic carbocycles. The average molecular weight is 201 g/mol. The Balaban J connectivity index is 2.93. The number of aliphatic hydroxyl groups is 1. The van der Waals surface area contributed by atoms with Crippen LogP contribution in [-0.4, -0.2) is 10.9 Å². The molecule has 0 saturated carbocycles. The lowest BCUT2D eigenvalue weighted by Gasteiger charge is -2.11. The van der Waals surface area contributed by atoms with Gasteiger partial charge in [0.05, 0.1) is 6.57 Å². The minimum absolute atomic E-state index is 0.158. The largest absolute Gasteiger partial charge is 0.384 e. The minimum atomic E-state index is -0.984. The number of benzene rings is 1. The van der Waals surface area contributed by atoms with E-state index < -0.39 is 6.10 Å². The summed E-state index contributed by atoms with van der Waals surface area (Å²) in [5, 5.41) is 9.73. The van der Waals surface area contributed by atoms with Crippen molar-refractivity contribution >= 4 is 11.5 Å². The summed E-state index contributed by atoms with van der Waals surface area (Å²) in [6.45, 7) is 11.6. The fraction of sp³-hybridized carbons (Fsp3) is 0.167. The molecule has 0 aliphatic rings. The van der Waals surface area contributed by atoms with Crippen LogP contribution in [0.5, 0.6) is 0 Å². The van der Waals surface area contributed by atoms with Crippen molar-refractivity contribution in [3.05, 3.63) is 53.4 Å². The molecule has 0 saturated heterocycles. The number of carbonyl (C=O) groups is 1. The zero-order valence-electron chi connectivity index (χ0n) is 8.40. The highest BCUT2D eigenvalue weighted by molar-refractivity contribution is 5.93. The van der Waals surface area contributed by atoms with Gasteiger partial charge in [0.2, 0.25) is 0 Å². The summed E-state index contributed by atoms with van der Waals surface area (Å²) >= 11 is 0. The first-order valence-corrected chi connectivity index (χ1v) is 4.41. The molecule has 3 heteroatoms. The maximum absolute atomic E-state index is 11.0. The molecule has 15 heavy (non-hydrogen) atoms. The molecule has 0 spiro atoms. The lowest BCUT2D eigenvalue weighted by molar-refractivity contribution is -0.114. The summed E-state index contributed by atoms with van der Waals surface area (Å²) in [4.78, 5) is 14.2. The van der Waals surface area contributed by atoms with Crippen LogP contribution < -0.4 is 0 Å². The van der Waals surface area contributed by atoms with E-state index in [4.69, 9.17) is 6.57 Å². The van der Waals surface area contributed by atoms with Gasteiger partial charge in [-0.3, -0.25) is 4.79 Å². The number of ketones is 1. The fourth-order valence-corrected chi connectivity index (χ4v) is 1.12. The van der Waals surface area contributed by atoms with Crippen LogP contribution in [0.25, 0.3) is 4.85 Å². The Bertz CT molecular complexity index is 426. The fourth-order valence-electron chi connectivity index (χ4n) is 1.12. The monoisotopic (exact) mass is 201 g/mol. The highest BCUT2D eigenvalue weighted by Gasteiger charge is 2.14.